The zero-order valence-corrected chi connectivity index (χ0v) is 23.6. The smallest absolute Gasteiger partial charge is 0.159 e. The van der Waals surface area contributed by atoms with Gasteiger partial charge in [-0.25, -0.2) is 9.67 Å². The number of hydrogen-bond donors (Lipinski definition) is 1. The number of H-pyrrole nitrogens is 1. The fraction of sp³-hybridized carbons (Fsp3) is 0.259. The number of imidazole rings is 1. The van der Waals surface area contributed by atoms with E-state index in [9.17, 15) is 0 Å². The van der Waals surface area contributed by atoms with Crippen LogP contribution in [0.25, 0.3) is 44.6 Å². The van der Waals surface area contributed by atoms with Crippen LogP contribution >= 0.6 is 22.6 Å². The molecule has 0 aliphatic carbocycles. The highest BCUT2D eigenvalue weighted by Gasteiger charge is 2.18. The summed E-state index contributed by atoms with van der Waals surface area (Å²) in [4.78, 5) is 8.28. The highest BCUT2D eigenvalue weighted by molar-refractivity contribution is 14.1. The molecule has 0 aliphatic rings. The largest absolute Gasteiger partial charge is 0.496 e. The van der Waals surface area contributed by atoms with Gasteiger partial charge in [-0.1, -0.05) is 50.0 Å². The summed E-state index contributed by atoms with van der Waals surface area (Å²) in [7, 11) is 0.550. The minimum absolute atomic E-state index is 0.414. The molecule has 5 rings (SSSR count). The zero-order valence-electron chi connectivity index (χ0n) is 20.4. The molecule has 0 unspecified atom stereocenters. The van der Waals surface area contributed by atoms with Crippen LogP contribution in [0.15, 0.2) is 60.7 Å². The van der Waals surface area contributed by atoms with Crippen LogP contribution in [-0.4, -0.2) is 41.5 Å². The van der Waals surface area contributed by atoms with E-state index in [1.807, 2.05) is 41.1 Å². The summed E-state index contributed by atoms with van der Waals surface area (Å²) in [5.74, 6) is 1.63. The van der Waals surface area contributed by atoms with Crippen LogP contribution in [0.1, 0.15) is 0 Å². The van der Waals surface area contributed by atoms with Gasteiger partial charge in [-0.2, -0.15) is 5.10 Å². The number of fused-ring (bicyclic) bond motifs is 2. The van der Waals surface area contributed by atoms with E-state index in [0.29, 0.717) is 6.73 Å². The molecule has 180 valence electrons. The van der Waals surface area contributed by atoms with Crippen LogP contribution in [0.2, 0.25) is 25.7 Å². The van der Waals surface area contributed by atoms with Crippen LogP contribution < -0.4 is 4.74 Å². The second-order valence-corrected chi connectivity index (χ2v) is 16.6. The van der Waals surface area contributed by atoms with Crippen molar-refractivity contribution in [2.45, 2.75) is 32.4 Å². The van der Waals surface area contributed by atoms with Crippen molar-refractivity contribution in [3.63, 3.8) is 0 Å². The molecule has 0 atom stereocenters. The van der Waals surface area contributed by atoms with Crippen molar-refractivity contribution in [2.75, 3.05) is 13.7 Å². The van der Waals surface area contributed by atoms with Gasteiger partial charge in [0.25, 0.3) is 0 Å². The molecule has 35 heavy (non-hydrogen) atoms. The van der Waals surface area contributed by atoms with Crippen molar-refractivity contribution in [2.24, 2.45) is 0 Å². The summed E-state index contributed by atoms with van der Waals surface area (Å²) in [5.41, 5.74) is 6.00. The van der Waals surface area contributed by atoms with Gasteiger partial charge in [-0.3, -0.25) is 0 Å². The number of para-hydroxylation sites is 2. The number of rotatable bonds is 8. The van der Waals surface area contributed by atoms with Gasteiger partial charge in [0.2, 0.25) is 0 Å². The van der Waals surface area contributed by atoms with Gasteiger partial charge >= 0.3 is 0 Å². The lowest BCUT2D eigenvalue weighted by Gasteiger charge is -2.15. The first-order valence-corrected chi connectivity index (χ1v) is 16.5. The number of halogens is 1. The summed E-state index contributed by atoms with van der Waals surface area (Å²) in [5, 5.41) is 6.00. The number of methoxy groups -OCH3 is 1. The Morgan fingerprint density at radius 3 is 2.63 bits per heavy atom. The van der Waals surface area contributed by atoms with Crippen molar-refractivity contribution >= 4 is 52.6 Å². The van der Waals surface area contributed by atoms with Crippen LogP contribution in [0.5, 0.6) is 5.75 Å². The second kappa shape index (κ2) is 9.75. The first-order valence-electron chi connectivity index (χ1n) is 11.7. The molecule has 1 N–H and O–H groups in total. The maximum atomic E-state index is 6.06. The van der Waals surface area contributed by atoms with Crippen molar-refractivity contribution < 1.29 is 9.47 Å². The zero-order chi connectivity index (χ0) is 24.6. The van der Waals surface area contributed by atoms with E-state index in [4.69, 9.17) is 19.6 Å². The Hall–Kier alpha value is -2.69. The normalized spacial score (nSPS) is 12.0. The van der Waals surface area contributed by atoms with E-state index in [1.165, 1.54) is 0 Å². The Morgan fingerprint density at radius 2 is 1.86 bits per heavy atom. The van der Waals surface area contributed by atoms with Crippen LogP contribution in [-0.2, 0) is 11.5 Å². The fourth-order valence-corrected chi connectivity index (χ4v) is 5.75. The highest BCUT2D eigenvalue weighted by atomic mass is 127. The number of ether oxygens (including phenoxy) is 2. The molecule has 0 bridgehead atoms. The van der Waals surface area contributed by atoms with Gasteiger partial charge in [-0.15, -0.1) is 0 Å². The average Bonchev–Trinajstić information content (AvgIpc) is 3.42. The Labute approximate surface area is 219 Å². The van der Waals surface area contributed by atoms with Crippen LogP contribution in [0.4, 0.5) is 0 Å². The molecule has 0 aliphatic heterocycles. The molecule has 8 heteroatoms. The van der Waals surface area contributed by atoms with E-state index < -0.39 is 8.07 Å². The van der Waals surface area contributed by atoms with E-state index >= 15 is 0 Å². The Bertz CT molecular complexity index is 1470. The maximum Gasteiger partial charge on any atom is 0.159 e. The van der Waals surface area contributed by atoms with E-state index in [0.717, 1.165) is 66.6 Å². The Balaban J connectivity index is 1.59. The van der Waals surface area contributed by atoms with E-state index in [2.05, 4.69) is 71.5 Å². The van der Waals surface area contributed by atoms with Crippen LogP contribution in [0.3, 0.4) is 0 Å². The molecular weight excluding hydrogens is 567 g/mol. The minimum atomic E-state index is -1.15. The van der Waals surface area contributed by atoms with Crippen molar-refractivity contribution in [1.82, 2.24) is 19.7 Å². The molecule has 2 aromatic heterocycles. The molecule has 0 fully saturated rings. The second-order valence-electron chi connectivity index (χ2n) is 9.85. The molecule has 0 radical (unpaired) electrons. The van der Waals surface area contributed by atoms with Gasteiger partial charge in [0, 0.05) is 20.1 Å². The lowest BCUT2D eigenvalue weighted by Crippen LogP contribution is -2.22. The van der Waals surface area contributed by atoms with Gasteiger partial charge in [0.15, 0.2) is 5.82 Å². The number of benzene rings is 3. The van der Waals surface area contributed by atoms with Crippen LogP contribution in [0, 0.1) is 3.57 Å². The monoisotopic (exact) mass is 596 g/mol. The maximum absolute atomic E-state index is 6.06. The van der Waals surface area contributed by atoms with Gasteiger partial charge in [0.1, 0.15) is 18.2 Å². The lowest BCUT2D eigenvalue weighted by molar-refractivity contribution is 0.0818. The molecule has 0 amide bonds. The third-order valence-electron chi connectivity index (χ3n) is 6.07. The standard InChI is InChI=1S/C27H29IN4O2Si/c1-33-24-11-7-8-19(25(24)28)18-12-13-23-20(16-18)26(27-29-21-9-5-6-10-22(21)30-27)31-32(23)17-34-14-15-35(2,3)4/h5-13,16H,14-15,17H2,1-4H3,(H,29,30). The first kappa shape index (κ1) is 24.0. The molecule has 0 spiro atoms. The molecule has 2 heterocycles. The molecule has 3 aromatic carbocycles. The van der Waals surface area contributed by atoms with Crippen molar-refractivity contribution in [3.8, 4) is 28.4 Å². The van der Waals surface area contributed by atoms with Gasteiger partial charge in [-0.05, 0) is 70.1 Å². The number of aromatic nitrogens is 4. The van der Waals surface area contributed by atoms with E-state index in [1.54, 1.807) is 7.11 Å². The van der Waals surface area contributed by atoms with Crippen molar-refractivity contribution in [1.29, 1.82) is 0 Å². The molecular formula is C27H29IN4O2Si. The minimum Gasteiger partial charge on any atom is -0.496 e. The molecule has 0 saturated heterocycles. The predicted molar refractivity (Wildman–Crippen MR) is 154 cm³/mol. The van der Waals surface area contributed by atoms with Gasteiger partial charge in [0.05, 0.1) is 27.2 Å². The molecule has 0 saturated carbocycles. The summed E-state index contributed by atoms with van der Waals surface area (Å²) >= 11 is 2.35. The number of aromatic amines is 1. The summed E-state index contributed by atoms with van der Waals surface area (Å²) < 4.78 is 14.6. The topological polar surface area (TPSA) is 65.0 Å². The number of nitrogens with one attached hydrogen (secondary N) is 1. The predicted octanol–water partition coefficient (Wildman–Crippen LogP) is 7.17. The van der Waals surface area contributed by atoms with E-state index in [-0.39, 0.29) is 0 Å². The third kappa shape index (κ3) is 5.00. The number of nitrogens with zero attached hydrogens (tertiary/aromatic N) is 3. The molecule has 5 aromatic rings. The summed E-state index contributed by atoms with van der Waals surface area (Å²) in [6, 6.07) is 21.8. The van der Waals surface area contributed by atoms with Gasteiger partial charge < -0.3 is 14.5 Å². The quantitative estimate of drug-likeness (QED) is 0.117. The molecule has 6 nitrogen and oxygen atoms in total. The third-order valence-corrected chi connectivity index (χ3v) is 8.89. The first-order chi connectivity index (χ1) is 16.8. The summed E-state index contributed by atoms with van der Waals surface area (Å²) in [6.07, 6.45) is 0. The Kier molecular flexibility index (Phi) is 6.69. The SMILES string of the molecule is COc1cccc(-c2ccc3c(c2)c(-c2nc4ccccc4[nH]2)nn3COCC[Si](C)(C)C)c1I. The summed E-state index contributed by atoms with van der Waals surface area (Å²) in [6.45, 7) is 8.25. The average molecular weight is 597 g/mol. The lowest BCUT2D eigenvalue weighted by atomic mass is 10.0. The Morgan fingerprint density at radius 1 is 1.03 bits per heavy atom. The highest BCUT2D eigenvalue weighted by Crippen LogP contribution is 2.36. The fourth-order valence-electron chi connectivity index (χ4n) is 4.11. The number of hydrogen-bond acceptors (Lipinski definition) is 4. The van der Waals surface area contributed by atoms with Crippen molar-refractivity contribution in [3.05, 3.63) is 64.2 Å².